The third-order valence-electron chi connectivity index (χ3n) is 3.57. The van der Waals surface area contributed by atoms with Crippen LogP contribution in [-0.2, 0) is 10.3 Å². The summed E-state index contributed by atoms with van der Waals surface area (Å²) in [5, 5.41) is 3.33. The molecule has 3 rings (SSSR count). The SMILES string of the molecule is NC(=O)C1CC2CC2(c2cccc(Br)n2)N1. The van der Waals surface area contributed by atoms with Gasteiger partial charge in [-0.25, -0.2) is 4.98 Å². The lowest BCUT2D eigenvalue weighted by atomic mass is 10.1. The van der Waals surface area contributed by atoms with Crippen LogP contribution in [0, 0.1) is 5.92 Å². The lowest BCUT2D eigenvalue weighted by Gasteiger charge is -2.16. The van der Waals surface area contributed by atoms with E-state index < -0.39 is 0 Å². The minimum atomic E-state index is -0.262. The summed E-state index contributed by atoms with van der Waals surface area (Å²) in [7, 11) is 0. The Labute approximate surface area is 102 Å². The van der Waals surface area contributed by atoms with Crippen molar-refractivity contribution in [3.05, 3.63) is 28.5 Å². The molecule has 0 aromatic carbocycles. The molecule has 3 atom stereocenters. The van der Waals surface area contributed by atoms with Crippen molar-refractivity contribution >= 4 is 21.8 Å². The maximum atomic E-state index is 11.1. The first-order valence-corrected chi connectivity index (χ1v) is 6.11. The van der Waals surface area contributed by atoms with Crippen molar-refractivity contribution in [3.8, 4) is 0 Å². The fourth-order valence-electron chi connectivity index (χ4n) is 2.68. The van der Waals surface area contributed by atoms with Gasteiger partial charge in [-0.1, -0.05) is 6.07 Å². The van der Waals surface area contributed by atoms with E-state index in [1.54, 1.807) is 0 Å². The highest BCUT2D eigenvalue weighted by Gasteiger charge is 2.63. The molecule has 4 nitrogen and oxygen atoms in total. The molecule has 2 fully saturated rings. The summed E-state index contributed by atoms with van der Waals surface area (Å²) in [6.45, 7) is 0. The Balaban J connectivity index is 1.90. The van der Waals surface area contributed by atoms with Gasteiger partial charge in [-0.05, 0) is 46.8 Å². The molecule has 2 aliphatic rings. The molecule has 5 heteroatoms. The molecular weight excluding hydrogens is 270 g/mol. The van der Waals surface area contributed by atoms with E-state index in [1.807, 2.05) is 18.2 Å². The number of amides is 1. The normalized spacial score (nSPS) is 35.8. The first-order valence-electron chi connectivity index (χ1n) is 5.32. The van der Waals surface area contributed by atoms with Gasteiger partial charge >= 0.3 is 0 Å². The summed E-state index contributed by atoms with van der Waals surface area (Å²) in [6, 6.07) is 5.68. The molecule has 16 heavy (non-hydrogen) atoms. The Morgan fingerprint density at radius 2 is 2.44 bits per heavy atom. The number of pyridine rings is 1. The van der Waals surface area contributed by atoms with Crippen molar-refractivity contribution in [2.75, 3.05) is 0 Å². The van der Waals surface area contributed by atoms with Crippen molar-refractivity contribution in [1.82, 2.24) is 10.3 Å². The van der Waals surface area contributed by atoms with Crippen LogP contribution in [0.25, 0.3) is 0 Å². The zero-order chi connectivity index (χ0) is 11.3. The van der Waals surface area contributed by atoms with Gasteiger partial charge in [-0.2, -0.15) is 0 Å². The van der Waals surface area contributed by atoms with Crippen LogP contribution >= 0.6 is 15.9 Å². The van der Waals surface area contributed by atoms with E-state index in [2.05, 4.69) is 26.2 Å². The van der Waals surface area contributed by atoms with Crippen molar-refractivity contribution in [1.29, 1.82) is 0 Å². The molecule has 1 saturated carbocycles. The van der Waals surface area contributed by atoms with Crippen LogP contribution in [0.4, 0.5) is 0 Å². The van der Waals surface area contributed by atoms with Crippen molar-refractivity contribution in [3.63, 3.8) is 0 Å². The lowest BCUT2D eigenvalue weighted by molar-refractivity contribution is -0.120. The largest absolute Gasteiger partial charge is 0.368 e. The predicted octanol–water partition coefficient (Wildman–Crippen LogP) is 0.906. The number of hydrogen-bond donors (Lipinski definition) is 2. The van der Waals surface area contributed by atoms with Crippen LogP contribution < -0.4 is 11.1 Å². The van der Waals surface area contributed by atoms with E-state index in [1.165, 1.54) is 0 Å². The number of primary amides is 1. The number of hydrogen-bond acceptors (Lipinski definition) is 3. The smallest absolute Gasteiger partial charge is 0.234 e. The van der Waals surface area contributed by atoms with Gasteiger partial charge in [0.15, 0.2) is 0 Å². The Morgan fingerprint density at radius 1 is 1.62 bits per heavy atom. The molecule has 1 aliphatic carbocycles. The lowest BCUT2D eigenvalue weighted by Crippen LogP contribution is -2.42. The fraction of sp³-hybridized carbons (Fsp3) is 0.455. The third kappa shape index (κ3) is 1.38. The number of rotatable bonds is 2. The number of nitrogens with one attached hydrogen (secondary N) is 1. The number of fused-ring (bicyclic) bond motifs is 1. The molecule has 1 aliphatic heterocycles. The average molecular weight is 282 g/mol. The van der Waals surface area contributed by atoms with Gasteiger partial charge in [0, 0.05) is 0 Å². The highest BCUT2D eigenvalue weighted by molar-refractivity contribution is 9.10. The summed E-state index contributed by atoms with van der Waals surface area (Å²) in [4.78, 5) is 15.6. The molecule has 3 unspecified atom stereocenters. The van der Waals surface area contributed by atoms with E-state index in [4.69, 9.17) is 5.73 Å². The number of nitrogens with two attached hydrogens (primary N) is 1. The zero-order valence-corrected chi connectivity index (χ0v) is 10.2. The standard InChI is InChI=1S/C11H12BrN3O/c12-9-3-1-2-8(14-9)11-5-6(11)4-7(15-11)10(13)16/h1-3,6-7,15H,4-5H2,(H2,13,16). The van der Waals surface area contributed by atoms with Crippen molar-refractivity contribution in [2.24, 2.45) is 11.7 Å². The molecular formula is C11H12BrN3O. The number of piperidine rings is 1. The Kier molecular flexibility index (Phi) is 2.09. The summed E-state index contributed by atoms with van der Waals surface area (Å²) < 4.78 is 0.828. The Hall–Kier alpha value is -0.940. The van der Waals surface area contributed by atoms with E-state index in [0.717, 1.165) is 23.1 Å². The highest BCUT2D eigenvalue weighted by Crippen LogP contribution is 2.58. The molecule has 0 radical (unpaired) electrons. The predicted molar refractivity (Wildman–Crippen MR) is 62.5 cm³/mol. The summed E-state index contributed by atoms with van der Waals surface area (Å²) in [5.41, 5.74) is 6.23. The molecule has 2 heterocycles. The number of aromatic nitrogens is 1. The van der Waals surface area contributed by atoms with Crippen molar-refractivity contribution in [2.45, 2.75) is 24.4 Å². The van der Waals surface area contributed by atoms with E-state index in [9.17, 15) is 4.79 Å². The maximum Gasteiger partial charge on any atom is 0.234 e. The van der Waals surface area contributed by atoms with Crippen LogP contribution in [0.3, 0.4) is 0 Å². The topological polar surface area (TPSA) is 68.0 Å². The Bertz CT molecular complexity index is 464. The quantitative estimate of drug-likeness (QED) is 0.792. The van der Waals surface area contributed by atoms with Gasteiger partial charge in [-0.3, -0.25) is 10.1 Å². The number of carbonyl (C=O) groups is 1. The molecule has 3 N–H and O–H groups in total. The Morgan fingerprint density at radius 3 is 3.06 bits per heavy atom. The third-order valence-corrected chi connectivity index (χ3v) is 4.01. The number of carbonyl (C=O) groups excluding carboxylic acids is 1. The van der Waals surface area contributed by atoms with Crippen LogP contribution in [0.15, 0.2) is 22.8 Å². The minimum absolute atomic E-state index is 0.0938. The van der Waals surface area contributed by atoms with Crippen LogP contribution in [0.2, 0.25) is 0 Å². The molecule has 1 aromatic heterocycles. The number of nitrogens with zero attached hydrogens (tertiary/aromatic N) is 1. The van der Waals surface area contributed by atoms with Gasteiger partial charge in [0.2, 0.25) is 5.91 Å². The highest BCUT2D eigenvalue weighted by atomic mass is 79.9. The van der Waals surface area contributed by atoms with E-state index in [0.29, 0.717) is 5.92 Å². The van der Waals surface area contributed by atoms with Crippen molar-refractivity contribution < 1.29 is 4.79 Å². The zero-order valence-electron chi connectivity index (χ0n) is 8.61. The monoisotopic (exact) mass is 281 g/mol. The molecule has 0 spiro atoms. The first kappa shape index (κ1) is 10.2. The van der Waals surface area contributed by atoms with Gasteiger partial charge < -0.3 is 5.73 Å². The minimum Gasteiger partial charge on any atom is -0.368 e. The summed E-state index contributed by atoms with van der Waals surface area (Å²) >= 11 is 3.37. The summed E-state index contributed by atoms with van der Waals surface area (Å²) in [5.74, 6) is 0.244. The molecule has 1 aromatic rings. The van der Waals surface area contributed by atoms with Gasteiger partial charge in [0.25, 0.3) is 0 Å². The average Bonchev–Trinajstić information content (AvgIpc) is 2.82. The fourth-order valence-corrected chi connectivity index (χ4v) is 3.02. The maximum absolute atomic E-state index is 11.1. The molecule has 1 amide bonds. The van der Waals surface area contributed by atoms with Crippen LogP contribution in [0.1, 0.15) is 18.5 Å². The van der Waals surface area contributed by atoms with Gasteiger partial charge in [-0.15, -0.1) is 0 Å². The van der Waals surface area contributed by atoms with Crippen LogP contribution in [0.5, 0.6) is 0 Å². The summed E-state index contributed by atoms with van der Waals surface area (Å²) in [6.07, 6.45) is 1.89. The molecule has 0 bridgehead atoms. The van der Waals surface area contributed by atoms with E-state index >= 15 is 0 Å². The molecule has 84 valence electrons. The first-order chi connectivity index (χ1) is 7.62. The molecule has 1 saturated heterocycles. The second-order valence-corrected chi connectivity index (χ2v) is 5.37. The van der Waals surface area contributed by atoms with Crippen LogP contribution in [-0.4, -0.2) is 16.9 Å². The van der Waals surface area contributed by atoms with E-state index in [-0.39, 0.29) is 17.5 Å². The second-order valence-electron chi connectivity index (χ2n) is 4.55. The van der Waals surface area contributed by atoms with Gasteiger partial charge in [0.05, 0.1) is 17.3 Å². The van der Waals surface area contributed by atoms with Gasteiger partial charge in [0.1, 0.15) is 4.60 Å². The number of halogens is 1. The second kappa shape index (κ2) is 3.28.